The second-order valence-corrected chi connectivity index (χ2v) is 3.47. The number of rotatable bonds is 4. The highest BCUT2D eigenvalue weighted by Crippen LogP contribution is 1.99. The Morgan fingerprint density at radius 2 is 2.38 bits per heavy atom. The zero-order valence-electron chi connectivity index (χ0n) is 8.64. The van der Waals surface area contributed by atoms with Gasteiger partial charge in [0.25, 0.3) is 5.91 Å². The molecule has 1 rings (SSSR count). The maximum Gasteiger partial charge on any atom is 0.325 e. The van der Waals surface area contributed by atoms with Gasteiger partial charge in [0.2, 0.25) is 0 Å². The Bertz CT molecular complexity index is 370. The van der Waals surface area contributed by atoms with Crippen molar-refractivity contribution < 1.29 is 14.3 Å². The lowest BCUT2D eigenvalue weighted by molar-refractivity contribution is -0.140. The summed E-state index contributed by atoms with van der Waals surface area (Å²) < 4.78 is 4.42. The molecule has 1 aromatic heterocycles. The number of nitrogens with one attached hydrogen (secondary N) is 1. The number of halogens is 1. The molecule has 1 heterocycles. The van der Waals surface area contributed by atoms with Gasteiger partial charge >= 0.3 is 5.97 Å². The van der Waals surface area contributed by atoms with Crippen LogP contribution in [-0.4, -0.2) is 35.9 Å². The summed E-state index contributed by atoms with van der Waals surface area (Å²) in [6.45, 7) is 0.0158. The number of hydrogen-bond acceptors (Lipinski definition) is 4. The summed E-state index contributed by atoms with van der Waals surface area (Å²) in [5.41, 5.74) is 0.413. The van der Waals surface area contributed by atoms with Crippen LogP contribution in [0, 0.1) is 0 Å². The molecule has 0 radical (unpaired) electrons. The number of nitrogens with zero attached hydrogens (tertiary/aromatic N) is 1. The smallest absolute Gasteiger partial charge is 0.325 e. The van der Waals surface area contributed by atoms with Crippen LogP contribution < -0.4 is 5.32 Å². The summed E-state index contributed by atoms with van der Waals surface area (Å²) >= 11 is 5.66. The molecule has 1 aromatic rings. The van der Waals surface area contributed by atoms with Gasteiger partial charge in [-0.15, -0.1) is 11.6 Å². The SMILES string of the molecule is COC(=O)C(Cl)CNC(=O)c1cccnc1. The molecule has 1 N–H and O–H groups in total. The summed E-state index contributed by atoms with van der Waals surface area (Å²) in [6.07, 6.45) is 2.99. The molecule has 0 aliphatic rings. The van der Waals surface area contributed by atoms with E-state index in [1.54, 1.807) is 18.3 Å². The van der Waals surface area contributed by atoms with Crippen molar-refractivity contribution in [2.24, 2.45) is 0 Å². The average molecular weight is 243 g/mol. The number of esters is 1. The predicted octanol–water partition coefficient (Wildman–Crippen LogP) is 0.592. The molecule has 86 valence electrons. The number of ether oxygens (including phenoxy) is 1. The third-order valence-electron chi connectivity index (χ3n) is 1.82. The number of methoxy groups -OCH3 is 1. The first-order valence-corrected chi connectivity index (χ1v) is 4.99. The zero-order chi connectivity index (χ0) is 12.0. The highest BCUT2D eigenvalue weighted by molar-refractivity contribution is 6.30. The fraction of sp³-hybridized carbons (Fsp3) is 0.300. The highest BCUT2D eigenvalue weighted by atomic mass is 35.5. The fourth-order valence-electron chi connectivity index (χ4n) is 0.993. The van der Waals surface area contributed by atoms with E-state index in [2.05, 4.69) is 15.0 Å². The number of carbonyl (C=O) groups is 2. The maximum atomic E-state index is 11.5. The maximum absolute atomic E-state index is 11.5. The van der Waals surface area contributed by atoms with Crippen LogP contribution in [0.3, 0.4) is 0 Å². The zero-order valence-corrected chi connectivity index (χ0v) is 9.40. The van der Waals surface area contributed by atoms with Crippen molar-refractivity contribution in [3.8, 4) is 0 Å². The largest absolute Gasteiger partial charge is 0.468 e. The Balaban J connectivity index is 2.45. The van der Waals surface area contributed by atoms with Gasteiger partial charge < -0.3 is 10.1 Å². The van der Waals surface area contributed by atoms with Crippen LogP contribution in [0.5, 0.6) is 0 Å². The summed E-state index contributed by atoms with van der Waals surface area (Å²) in [4.78, 5) is 26.2. The quantitative estimate of drug-likeness (QED) is 0.620. The minimum absolute atomic E-state index is 0.0158. The molecule has 1 amide bonds. The van der Waals surface area contributed by atoms with Crippen LogP contribution >= 0.6 is 11.6 Å². The molecule has 0 saturated heterocycles. The number of amides is 1. The molecule has 1 atom stereocenters. The first-order valence-electron chi connectivity index (χ1n) is 4.55. The van der Waals surface area contributed by atoms with Crippen molar-refractivity contribution in [3.05, 3.63) is 30.1 Å². The molecule has 0 fully saturated rings. The van der Waals surface area contributed by atoms with E-state index < -0.39 is 11.3 Å². The molecule has 0 aromatic carbocycles. The van der Waals surface area contributed by atoms with Crippen LogP contribution in [0.1, 0.15) is 10.4 Å². The van der Waals surface area contributed by atoms with Gasteiger partial charge in [0.1, 0.15) is 5.38 Å². The minimum Gasteiger partial charge on any atom is -0.468 e. The van der Waals surface area contributed by atoms with E-state index in [9.17, 15) is 9.59 Å². The van der Waals surface area contributed by atoms with E-state index in [0.29, 0.717) is 5.56 Å². The summed E-state index contributed by atoms with van der Waals surface area (Å²) in [7, 11) is 1.24. The van der Waals surface area contributed by atoms with Gasteiger partial charge in [-0.1, -0.05) is 0 Å². The van der Waals surface area contributed by atoms with Crippen LogP contribution in [0.2, 0.25) is 0 Å². The van der Waals surface area contributed by atoms with E-state index >= 15 is 0 Å². The molecule has 1 unspecified atom stereocenters. The number of hydrogen-bond donors (Lipinski definition) is 1. The van der Waals surface area contributed by atoms with Crippen molar-refractivity contribution in [2.75, 3.05) is 13.7 Å². The van der Waals surface area contributed by atoms with Gasteiger partial charge in [-0.2, -0.15) is 0 Å². The molecule has 16 heavy (non-hydrogen) atoms. The van der Waals surface area contributed by atoms with Gasteiger partial charge in [-0.3, -0.25) is 14.6 Å². The summed E-state index contributed by atoms with van der Waals surface area (Å²) in [5, 5.41) is 1.62. The molecular weight excluding hydrogens is 232 g/mol. The molecule has 0 aliphatic carbocycles. The van der Waals surface area contributed by atoms with Gasteiger partial charge in [0, 0.05) is 18.9 Å². The fourth-order valence-corrected chi connectivity index (χ4v) is 1.16. The Labute approximate surface area is 97.8 Å². The van der Waals surface area contributed by atoms with Gasteiger partial charge in [-0.05, 0) is 12.1 Å². The number of aromatic nitrogens is 1. The number of alkyl halides is 1. The Morgan fingerprint density at radius 1 is 1.62 bits per heavy atom. The standard InChI is InChI=1S/C10H11ClN2O3/c1-16-10(15)8(11)6-13-9(14)7-3-2-4-12-5-7/h2-5,8H,6H2,1H3,(H,13,14). The van der Waals surface area contributed by atoms with Crippen molar-refractivity contribution in [1.29, 1.82) is 0 Å². The van der Waals surface area contributed by atoms with Crippen LogP contribution in [0.25, 0.3) is 0 Å². The van der Waals surface area contributed by atoms with Crippen molar-refractivity contribution in [3.63, 3.8) is 0 Å². The lowest BCUT2D eigenvalue weighted by Gasteiger charge is -2.08. The second-order valence-electron chi connectivity index (χ2n) is 2.94. The first kappa shape index (κ1) is 12.4. The monoisotopic (exact) mass is 242 g/mol. The lowest BCUT2D eigenvalue weighted by atomic mass is 10.2. The Morgan fingerprint density at radius 3 is 2.94 bits per heavy atom. The van der Waals surface area contributed by atoms with Crippen LogP contribution in [-0.2, 0) is 9.53 Å². The molecular formula is C10H11ClN2O3. The van der Waals surface area contributed by atoms with Crippen molar-refractivity contribution in [2.45, 2.75) is 5.38 Å². The first-order chi connectivity index (χ1) is 7.65. The van der Waals surface area contributed by atoms with Gasteiger partial charge in [0.15, 0.2) is 0 Å². The number of carbonyl (C=O) groups excluding carboxylic acids is 2. The summed E-state index contributed by atoms with van der Waals surface area (Å²) in [6, 6.07) is 3.26. The summed E-state index contributed by atoms with van der Waals surface area (Å²) in [5.74, 6) is -0.907. The number of pyridine rings is 1. The topological polar surface area (TPSA) is 68.3 Å². The Hall–Kier alpha value is -1.62. The van der Waals surface area contributed by atoms with E-state index in [1.807, 2.05) is 0 Å². The molecule has 0 saturated carbocycles. The van der Waals surface area contributed by atoms with E-state index in [0.717, 1.165) is 0 Å². The third kappa shape index (κ3) is 3.51. The molecule has 0 spiro atoms. The van der Waals surface area contributed by atoms with Crippen LogP contribution in [0.15, 0.2) is 24.5 Å². The van der Waals surface area contributed by atoms with E-state index in [4.69, 9.17) is 11.6 Å². The molecule has 5 nitrogen and oxygen atoms in total. The molecule has 0 bridgehead atoms. The van der Waals surface area contributed by atoms with Crippen molar-refractivity contribution >= 4 is 23.5 Å². The predicted molar refractivity (Wildman–Crippen MR) is 58.2 cm³/mol. The Kier molecular flexibility index (Phi) is 4.72. The lowest BCUT2D eigenvalue weighted by Crippen LogP contribution is -2.34. The minimum atomic E-state index is -0.884. The van der Waals surface area contributed by atoms with E-state index in [1.165, 1.54) is 13.3 Å². The average Bonchev–Trinajstić information content (AvgIpc) is 2.35. The highest BCUT2D eigenvalue weighted by Gasteiger charge is 2.16. The van der Waals surface area contributed by atoms with Crippen molar-refractivity contribution in [1.82, 2.24) is 10.3 Å². The third-order valence-corrected chi connectivity index (χ3v) is 2.15. The molecule has 0 aliphatic heterocycles. The van der Waals surface area contributed by atoms with E-state index in [-0.39, 0.29) is 12.5 Å². The van der Waals surface area contributed by atoms with Gasteiger partial charge in [-0.25, -0.2) is 0 Å². The normalized spacial score (nSPS) is 11.6. The molecule has 6 heteroatoms. The second kappa shape index (κ2) is 6.07. The van der Waals surface area contributed by atoms with Crippen LogP contribution in [0.4, 0.5) is 0 Å². The van der Waals surface area contributed by atoms with Gasteiger partial charge in [0.05, 0.1) is 12.7 Å².